The van der Waals surface area contributed by atoms with E-state index >= 15 is 0 Å². The maximum absolute atomic E-state index is 13.4. The monoisotopic (exact) mass is 457 g/mol. The Kier molecular flexibility index (Phi) is 6.87. The molecule has 0 radical (unpaired) electrons. The second-order valence-electron chi connectivity index (χ2n) is 10.9. The summed E-state index contributed by atoms with van der Waals surface area (Å²) in [4.78, 5) is 25.3. The number of carboxylic acids is 1. The van der Waals surface area contributed by atoms with Crippen molar-refractivity contribution in [3.8, 4) is 5.88 Å². The van der Waals surface area contributed by atoms with Crippen LogP contribution in [0, 0.1) is 35.0 Å². The molecule has 1 heterocycles. The van der Waals surface area contributed by atoms with E-state index in [9.17, 15) is 14.7 Å². The Morgan fingerprint density at radius 2 is 1.79 bits per heavy atom. The average Bonchev–Trinajstić information content (AvgIpc) is 3.18. The van der Waals surface area contributed by atoms with Crippen LogP contribution < -0.4 is 10.1 Å². The van der Waals surface area contributed by atoms with Crippen molar-refractivity contribution in [2.75, 3.05) is 6.61 Å². The second-order valence-corrected chi connectivity index (χ2v) is 10.9. The number of amides is 1. The van der Waals surface area contributed by atoms with Crippen LogP contribution in [0.5, 0.6) is 5.88 Å². The van der Waals surface area contributed by atoms with E-state index in [0.717, 1.165) is 11.8 Å². The predicted octanol–water partition coefficient (Wildman–Crippen LogP) is 4.83. The Morgan fingerprint density at radius 1 is 1.18 bits per heavy atom. The molecule has 4 fully saturated rings. The van der Waals surface area contributed by atoms with Crippen LogP contribution in [-0.4, -0.2) is 39.4 Å². The number of hydrogen-bond donors (Lipinski definition) is 2. The molecule has 5 rings (SSSR count). The van der Waals surface area contributed by atoms with Crippen molar-refractivity contribution in [2.45, 2.75) is 78.7 Å². The first-order valence-corrected chi connectivity index (χ1v) is 12.7. The molecule has 1 aromatic heterocycles. The highest BCUT2D eigenvalue weighted by atomic mass is 16.5. The Hall–Kier alpha value is -2.31. The second kappa shape index (κ2) is 9.51. The van der Waals surface area contributed by atoms with Gasteiger partial charge >= 0.3 is 5.97 Å². The molecule has 4 saturated carbocycles. The van der Waals surface area contributed by atoms with Crippen LogP contribution >= 0.6 is 0 Å². The molecule has 4 bridgehead atoms. The molecule has 0 aromatic carbocycles. The van der Waals surface area contributed by atoms with Gasteiger partial charge in [0.1, 0.15) is 5.56 Å². The summed E-state index contributed by atoms with van der Waals surface area (Å²) in [6.45, 7) is 8.28. The molecule has 182 valence electrons. The largest absolute Gasteiger partial charge is 0.481 e. The zero-order chi connectivity index (χ0) is 23.8. The van der Waals surface area contributed by atoms with E-state index in [-0.39, 0.29) is 17.9 Å². The molecule has 0 saturated heterocycles. The van der Waals surface area contributed by atoms with Gasteiger partial charge in [-0.15, -0.1) is 0 Å². The molecule has 0 spiro atoms. The van der Waals surface area contributed by atoms with Crippen molar-refractivity contribution in [3.05, 3.63) is 17.8 Å². The quantitative estimate of drug-likeness (QED) is 0.525. The van der Waals surface area contributed by atoms with Crippen LogP contribution in [0.3, 0.4) is 0 Å². The van der Waals surface area contributed by atoms with Gasteiger partial charge in [0, 0.05) is 12.2 Å². The minimum Gasteiger partial charge on any atom is -0.481 e. The van der Waals surface area contributed by atoms with Crippen LogP contribution in [0.1, 0.15) is 83.0 Å². The van der Waals surface area contributed by atoms with E-state index in [1.54, 1.807) is 18.5 Å². The minimum absolute atomic E-state index is 0.138. The normalized spacial score (nSPS) is 28.6. The first kappa shape index (κ1) is 23.8. The van der Waals surface area contributed by atoms with Crippen molar-refractivity contribution >= 4 is 18.1 Å². The molecule has 4 aliphatic rings. The predicted molar refractivity (Wildman–Crippen MR) is 127 cm³/mol. The molecule has 4 aliphatic carbocycles. The van der Waals surface area contributed by atoms with Crippen molar-refractivity contribution in [1.82, 2.24) is 15.1 Å². The van der Waals surface area contributed by atoms with Crippen LogP contribution in [0.15, 0.2) is 12.3 Å². The van der Waals surface area contributed by atoms with Gasteiger partial charge in [-0.25, -0.2) is 4.68 Å². The molecule has 33 heavy (non-hydrogen) atoms. The van der Waals surface area contributed by atoms with Crippen LogP contribution in [-0.2, 0) is 4.79 Å². The molecule has 0 unspecified atom stereocenters. The summed E-state index contributed by atoms with van der Waals surface area (Å²) in [6, 6.07) is 0.238. The number of nitrogens with zero attached hydrogens (tertiary/aromatic N) is 2. The third kappa shape index (κ3) is 4.69. The Bertz CT molecular complexity index is 871. The third-order valence-electron chi connectivity index (χ3n) is 8.29. The summed E-state index contributed by atoms with van der Waals surface area (Å²) in [5.41, 5.74) is -0.549. The molecular formula is C26H39N3O4. The minimum atomic E-state index is -0.968. The van der Waals surface area contributed by atoms with Crippen LogP contribution in [0.25, 0.3) is 6.20 Å². The molecule has 1 amide bonds. The molecule has 0 atom stereocenters. The molecule has 2 N–H and O–H groups in total. The van der Waals surface area contributed by atoms with Gasteiger partial charge < -0.3 is 15.2 Å². The van der Waals surface area contributed by atoms with Crippen molar-refractivity contribution < 1.29 is 19.4 Å². The van der Waals surface area contributed by atoms with E-state index in [0.29, 0.717) is 42.7 Å². The van der Waals surface area contributed by atoms with E-state index in [1.165, 1.54) is 36.8 Å². The summed E-state index contributed by atoms with van der Waals surface area (Å²) in [5, 5.41) is 17.5. The van der Waals surface area contributed by atoms with Gasteiger partial charge in [-0.2, -0.15) is 5.10 Å². The molecule has 7 heteroatoms. The smallest absolute Gasteiger partial charge is 0.313 e. The third-order valence-corrected chi connectivity index (χ3v) is 8.29. The fourth-order valence-electron chi connectivity index (χ4n) is 6.47. The standard InChI is InChI=1S/C26H39N3O4/c1-5-26(6-2,25(31)32)7-8-29-24(33-15-16(3)4)21(14-27-29)23(30)28-22-19-10-17-9-18(12-19)13-20(22)11-17/h7-8,14,16-20,22H,5-6,9-13,15H2,1-4H3,(H,28,30)(H,31,32)/b8-7+. The zero-order valence-corrected chi connectivity index (χ0v) is 20.4. The first-order chi connectivity index (χ1) is 15.8. The van der Waals surface area contributed by atoms with Gasteiger partial charge in [0.2, 0.25) is 5.88 Å². The fourth-order valence-corrected chi connectivity index (χ4v) is 6.47. The molecule has 7 nitrogen and oxygen atoms in total. The van der Waals surface area contributed by atoms with Gasteiger partial charge in [0.15, 0.2) is 0 Å². The number of aliphatic carboxylic acids is 1. The molecule has 1 aromatic rings. The Morgan fingerprint density at radius 3 is 2.30 bits per heavy atom. The summed E-state index contributed by atoms with van der Waals surface area (Å²) in [6.07, 6.45) is 12.1. The SMILES string of the molecule is CCC(/C=C/n1ncc(C(=O)NC2C3CC4CC(C3)CC2C4)c1OCC(C)C)(CC)C(=O)O. The molecule has 0 aliphatic heterocycles. The highest BCUT2D eigenvalue weighted by Crippen LogP contribution is 2.53. The number of carbonyl (C=O) groups excluding carboxylic acids is 1. The van der Waals surface area contributed by atoms with Gasteiger partial charge in [-0.3, -0.25) is 9.59 Å². The maximum atomic E-state index is 13.4. The van der Waals surface area contributed by atoms with Crippen molar-refractivity contribution in [3.63, 3.8) is 0 Å². The lowest BCUT2D eigenvalue weighted by Gasteiger charge is -2.54. The van der Waals surface area contributed by atoms with E-state index < -0.39 is 11.4 Å². The first-order valence-electron chi connectivity index (χ1n) is 12.7. The number of rotatable bonds is 10. The summed E-state index contributed by atoms with van der Waals surface area (Å²) < 4.78 is 7.54. The highest BCUT2D eigenvalue weighted by molar-refractivity contribution is 5.96. The van der Waals surface area contributed by atoms with Crippen LogP contribution in [0.2, 0.25) is 0 Å². The fraction of sp³-hybridized carbons (Fsp3) is 0.731. The number of ether oxygens (including phenoxy) is 1. The number of aromatic nitrogens is 2. The maximum Gasteiger partial charge on any atom is 0.313 e. The Labute approximate surface area is 197 Å². The van der Waals surface area contributed by atoms with Crippen LogP contribution in [0.4, 0.5) is 0 Å². The average molecular weight is 458 g/mol. The zero-order valence-electron chi connectivity index (χ0n) is 20.4. The van der Waals surface area contributed by atoms with Gasteiger partial charge in [-0.05, 0) is 80.6 Å². The van der Waals surface area contributed by atoms with Gasteiger partial charge in [-0.1, -0.05) is 27.7 Å². The lowest BCUT2D eigenvalue weighted by molar-refractivity contribution is -0.146. The number of carbonyl (C=O) groups is 2. The summed E-state index contributed by atoms with van der Waals surface area (Å²) in [7, 11) is 0. The summed E-state index contributed by atoms with van der Waals surface area (Å²) >= 11 is 0. The lowest BCUT2D eigenvalue weighted by atomic mass is 9.54. The van der Waals surface area contributed by atoms with Gasteiger partial charge in [0.25, 0.3) is 5.91 Å². The van der Waals surface area contributed by atoms with E-state index in [2.05, 4.69) is 24.3 Å². The van der Waals surface area contributed by atoms with Gasteiger partial charge in [0.05, 0.1) is 18.2 Å². The molecular weight excluding hydrogens is 418 g/mol. The van der Waals surface area contributed by atoms with E-state index in [4.69, 9.17) is 4.74 Å². The lowest BCUT2D eigenvalue weighted by Crippen LogP contribution is -2.55. The highest BCUT2D eigenvalue weighted by Gasteiger charge is 2.48. The van der Waals surface area contributed by atoms with Crippen molar-refractivity contribution in [1.29, 1.82) is 0 Å². The Balaban J connectivity index is 1.56. The number of carboxylic acid groups (broad SMARTS) is 1. The number of hydrogen-bond acceptors (Lipinski definition) is 4. The summed E-state index contributed by atoms with van der Waals surface area (Å²) in [5.74, 6) is 2.54. The number of nitrogens with one attached hydrogen (secondary N) is 1. The topological polar surface area (TPSA) is 93.5 Å². The van der Waals surface area contributed by atoms with E-state index in [1.807, 2.05) is 13.8 Å². The van der Waals surface area contributed by atoms with Crippen molar-refractivity contribution in [2.24, 2.45) is 35.0 Å².